The second kappa shape index (κ2) is 14.4. The van der Waals surface area contributed by atoms with Crippen LogP contribution in [0.5, 0.6) is 0 Å². The molecule has 0 nitrogen and oxygen atoms in total. The quantitative estimate of drug-likeness (QED) is 0.147. The van der Waals surface area contributed by atoms with Gasteiger partial charge in [-0.1, -0.05) is 113 Å². The minimum atomic E-state index is 1.20. The first-order valence-electron chi connectivity index (χ1n) is 13.8. The van der Waals surface area contributed by atoms with E-state index in [-0.39, 0.29) is 0 Å². The van der Waals surface area contributed by atoms with Crippen LogP contribution in [-0.2, 0) is 12.8 Å². The summed E-state index contributed by atoms with van der Waals surface area (Å²) in [5, 5.41) is 0. The van der Waals surface area contributed by atoms with E-state index in [9.17, 15) is 0 Å². The molecule has 4 aromatic rings. The van der Waals surface area contributed by atoms with Gasteiger partial charge in [0.05, 0.1) is 0 Å². The van der Waals surface area contributed by atoms with Gasteiger partial charge < -0.3 is 0 Å². The summed E-state index contributed by atoms with van der Waals surface area (Å²) in [5.74, 6) is 0. The molecule has 0 radical (unpaired) electrons. The molecule has 0 saturated heterocycles. The first-order chi connectivity index (χ1) is 17.7. The highest BCUT2D eigenvalue weighted by atomic mass is 32.1. The van der Waals surface area contributed by atoms with Gasteiger partial charge in [0.2, 0.25) is 0 Å². The summed E-state index contributed by atoms with van der Waals surface area (Å²) < 4.78 is 2.76. The Bertz CT molecular complexity index is 1110. The standard InChI is InChI=1S/C34H40S2/c1-3-5-7-9-11-27-13-17-29(18-14-27)21-23-31-25-33-34(35-31)26-32(36-33)24-22-30-19-15-28(16-20-30)12-10-8-6-4-2/h13-26H,3-12H2,1-2H3/b23-21+,24-22+. The van der Waals surface area contributed by atoms with Crippen molar-refractivity contribution < 1.29 is 0 Å². The molecule has 0 fully saturated rings. The van der Waals surface area contributed by atoms with E-state index < -0.39 is 0 Å². The molecular formula is C34H40S2. The molecule has 0 spiro atoms. The molecule has 36 heavy (non-hydrogen) atoms. The molecule has 2 heteroatoms. The van der Waals surface area contributed by atoms with Crippen LogP contribution in [-0.4, -0.2) is 0 Å². The van der Waals surface area contributed by atoms with Crippen molar-refractivity contribution in [1.29, 1.82) is 0 Å². The predicted octanol–water partition coefficient (Wildman–Crippen LogP) is 11.5. The van der Waals surface area contributed by atoms with Crippen molar-refractivity contribution in [2.24, 2.45) is 0 Å². The second-order valence-electron chi connectivity index (χ2n) is 9.80. The molecule has 2 aromatic carbocycles. The number of thiophene rings is 2. The molecular weight excluding hydrogens is 473 g/mol. The van der Waals surface area contributed by atoms with Gasteiger partial charge in [0.1, 0.15) is 0 Å². The summed E-state index contributed by atoms with van der Waals surface area (Å²) in [5.41, 5.74) is 5.47. The Morgan fingerprint density at radius 3 is 1.31 bits per heavy atom. The number of hydrogen-bond acceptors (Lipinski definition) is 2. The van der Waals surface area contributed by atoms with E-state index in [1.165, 1.54) is 106 Å². The van der Waals surface area contributed by atoms with Crippen molar-refractivity contribution in [3.63, 3.8) is 0 Å². The lowest BCUT2D eigenvalue weighted by atomic mass is 10.0. The van der Waals surface area contributed by atoms with Crippen LogP contribution in [0.1, 0.15) is 97.2 Å². The third kappa shape index (κ3) is 8.32. The van der Waals surface area contributed by atoms with Crippen LogP contribution in [0.4, 0.5) is 0 Å². The molecule has 0 aliphatic rings. The molecule has 0 amide bonds. The van der Waals surface area contributed by atoms with Crippen LogP contribution in [0.3, 0.4) is 0 Å². The Morgan fingerprint density at radius 1 is 0.500 bits per heavy atom. The lowest BCUT2D eigenvalue weighted by molar-refractivity contribution is 0.667. The van der Waals surface area contributed by atoms with Crippen molar-refractivity contribution in [2.75, 3.05) is 0 Å². The molecule has 188 valence electrons. The van der Waals surface area contributed by atoms with Crippen LogP contribution >= 0.6 is 22.7 Å². The largest absolute Gasteiger partial charge is 0.135 e. The van der Waals surface area contributed by atoms with Crippen LogP contribution < -0.4 is 0 Å². The third-order valence-corrected chi connectivity index (χ3v) is 8.95. The van der Waals surface area contributed by atoms with Crippen molar-refractivity contribution >= 4 is 56.4 Å². The van der Waals surface area contributed by atoms with Crippen molar-refractivity contribution in [3.05, 3.63) is 92.7 Å². The lowest BCUT2D eigenvalue weighted by Gasteiger charge is -2.02. The topological polar surface area (TPSA) is 0 Å². The zero-order valence-corrected chi connectivity index (χ0v) is 23.6. The maximum Gasteiger partial charge on any atom is 0.0463 e. The fourth-order valence-electron chi connectivity index (χ4n) is 4.50. The van der Waals surface area contributed by atoms with Crippen molar-refractivity contribution in [3.8, 4) is 0 Å². The summed E-state index contributed by atoms with van der Waals surface area (Å²) in [6.45, 7) is 4.54. The minimum absolute atomic E-state index is 1.20. The Hall–Kier alpha value is -2.42. The highest BCUT2D eigenvalue weighted by Gasteiger charge is 2.04. The minimum Gasteiger partial charge on any atom is -0.135 e. The molecule has 0 aliphatic carbocycles. The maximum atomic E-state index is 2.33. The number of benzene rings is 2. The number of unbranched alkanes of at least 4 members (excludes halogenated alkanes) is 6. The molecule has 0 N–H and O–H groups in total. The van der Waals surface area contributed by atoms with E-state index in [2.05, 4.69) is 98.8 Å². The molecule has 0 saturated carbocycles. The SMILES string of the molecule is CCCCCCc1ccc(/C=C/c2cc3sc(/C=C/c4ccc(CCCCCC)cc4)cc3s2)cc1. The van der Waals surface area contributed by atoms with Gasteiger partial charge in [-0.2, -0.15) is 0 Å². The number of rotatable bonds is 14. The summed E-state index contributed by atoms with van der Waals surface area (Å²) in [7, 11) is 0. The zero-order chi connectivity index (χ0) is 25.0. The van der Waals surface area contributed by atoms with E-state index in [1.807, 2.05) is 22.7 Å². The second-order valence-corrected chi connectivity index (χ2v) is 12.0. The van der Waals surface area contributed by atoms with Crippen LogP contribution in [0, 0.1) is 0 Å². The first kappa shape index (κ1) is 26.6. The van der Waals surface area contributed by atoms with Crippen molar-refractivity contribution in [1.82, 2.24) is 0 Å². The third-order valence-electron chi connectivity index (χ3n) is 6.72. The fourth-order valence-corrected chi connectivity index (χ4v) is 6.72. The molecule has 2 aromatic heterocycles. The summed E-state index contributed by atoms with van der Waals surface area (Å²) >= 11 is 3.76. The van der Waals surface area contributed by atoms with Gasteiger partial charge in [-0.15, -0.1) is 22.7 Å². The lowest BCUT2D eigenvalue weighted by Crippen LogP contribution is -1.85. The average molecular weight is 513 g/mol. The molecule has 0 bridgehead atoms. The fraction of sp³-hybridized carbons (Fsp3) is 0.353. The summed E-state index contributed by atoms with van der Waals surface area (Å²) in [4.78, 5) is 2.65. The Balaban J connectivity index is 1.29. The monoisotopic (exact) mass is 512 g/mol. The van der Waals surface area contributed by atoms with Gasteiger partial charge in [-0.3, -0.25) is 0 Å². The number of hydrogen-bond donors (Lipinski definition) is 0. The van der Waals surface area contributed by atoms with Gasteiger partial charge in [-0.05, 0) is 72.2 Å². The van der Waals surface area contributed by atoms with Gasteiger partial charge in [0.15, 0.2) is 0 Å². The Labute approximate surface area is 226 Å². The zero-order valence-electron chi connectivity index (χ0n) is 22.0. The van der Waals surface area contributed by atoms with Crippen LogP contribution in [0.25, 0.3) is 33.7 Å². The van der Waals surface area contributed by atoms with E-state index in [0.717, 1.165) is 0 Å². The maximum absolute atomic E-state index is 2.33. The van der Waals surface area contributed by atoms with E-state index in [4.69, 9.17) is 0 Å². The number of fused-ring (bicyclic) bond motifs is 1. The highest BCUT2D eigenvalue weighted by molar-refractivity contribution is 7.28. The van der Waals surface area contributed by atoms with Crippen LogP contribution in [0.2, 0.25) is 0 Å². The predicted molar refractivity (Wildman–Crippen MR) is 166 cm³/mol. The van der Waals surface area contributed by atoms with Gasteiger partial charge in [0, 0.05) is 19.2 Å². The van der Waals surface area contributed by atoms with E-state index in [1.54, 1.807) is 0 Å². The molecule has 0 unspecified atom stereocenters. The molecule has 2 heterocycles. The Kier molecular flexibility index (Phi) is 10.6. The van der Waals surface area contributed by atoms with E-state index in [0.29, 0.717) is 0 Å². The number of aryl methyl sites for hydroxylation is 2. The normalized spacial score (nSPS) is 11.9. The van der Waals surface area contributed by atoms with Crippen LogP contribution in [0.15, 0.2) is 60.7 Å². The molecule has 4 rings (SSSR count). The Morgan fingerprint density at radius 2 is 0.917 bits per heavy atom. The molecule has 0 atom stereocenters. The van der Waals surface area contributed by atoms with Gasteiger partial charge >= 0.3 is 0 Å². The van der Waals surface area contributed by atoms with Crippen molar-refractivity contribution in [2.45, 2.75) is 78.1 Å². The molecule has 0 aliphatic heterocycles. The smallest absolute Gasteiger partial charge is 0.0463 e. The average Bonchev–Trinajstić information content (AvgIpc) is 3.47. The summed E-state index contributed by atoms with van der Waals surface area (Å²) in [6, 6.07) is 22.8. The van der Waals surface area contributed by atoms with Gasteiger partial charge in [-0.25, -0.2) is 0 Å². The van der Waals surface area contributed by atoms with E-state index >= 15 is 0 Å². The summed E-state index contributed by atoms with van der Waals surface area (Å²) in [6.07, 6.45) is 22.0. The van der Waals surface area contributed by atoms with Gasteiger partial charge in [0.25, 0.3) is 0 Å². The highest BCUT2D eigenvalue weighted by Crippen LogP contribution is 2.35. The first-order valence-corrected chi connectivity index (χ1v) is 15.4.